The Morgan fingerprint density at radius 1 is 1.35 bits per heavy atom. The van der Waals surface area contributed by atoms with Gasteiger partial charge in [-0.15, -0.1) is 11.8 Å². The lowest BCUT2D eigenvalue weighted by atomic mass is 10.1. The average molecular weight is 302 g/mol. The molecular formula is C13H10N4OS2. The van der Waals surface area contributed by atoms with E-state index in [2.05, 4.69) is 10.1 Å². The molecule has 0 spiro atoms. The summed E-state index contributed by atoms with van der Waals surface area (Å²) in [6, 6.07) is 7.79. The molecule has 3 rings (SSSR count). The molecular weight excluding hydrogens is 292 g/mol. The molecule has 0 aromatic heterocycles. The summed E-state index contributed by atoms with van der Waals surface area (Å²) in [5.41, 5.74) is 2.69. The number of rotatable bonds is 2. The summed E-state index contributed by atoms with van der Waals surface area (Å²) in [5, 5.41) is 13.9. The summed E-state index contributed by atoms with van der Waals surface area (Å²) < 4.78 is 0. The number of hydrogen-bond donors (Lipinski definition) is 1. The first-order valence-electron chi connectivity index (χ1n) is 5.76. The normalized spacial score (nSPS) is 19.6. The van der Waals surface area contributed by atoms with Crippen LogP contribution in [-0.2, 0) is 4.79 Å². The first-order chi connectivity index (χ1) is 9.69. The number of nitrogens with one attached hydrogen (secondary N) is 1. The molecule has 1 amide bonds. The lowest BCUT2D eigenvalue weighted by molar-refractivity contribution is -0.114. The molecule has 0 unspecified atom stereocenters. The van der Waals surface area contributed by atoms with Gasteiger partial charge in [0.05, 0.1) is 11.1 Å². The Hall–Kier alpha value is -1.86. The van der Waals surface area contributed by atoms with E-state index in [1.165, 1.54) is 16.8 Å². The topological polar surface area (TPSA) is 68.9 Å². The Kier molecular flexibility index (Phi) is 3.45. The fourth-order valence-electron chi connectivity index (χ4n) is 1.80. The Balaban J connectivity index is 1.96. The predicted molar refractivity (Wildman–Crippen MR) is 84.3 cm³/mol. The van der Waals surface area contributed by atoms with Crippen molar-refractivity contribution in [3.63, 3.8) is 0 Å². The van der Waals surface area contributed by atoms with Crippen LogP contribution in [0, 0.1) is 5.41 Å². The zero-order valence-corrected chi connectivity index (χ0v) is 12.2. The zero-order chi connectivity index (χ0) is 14.1. The van der Waals surface area contributed by atoms with Gasteiger partial charge in [0, 0.05) is 4.90 Å². The number of carbonyl (C=O) groups excluding carboxylic acids is 1. The van der Waals surface area contributed by atoms with Gasteiger partial charge in [-0.05, 0) is 41.8 Å². The SMILES string of the molecule is CSc1ccc(/C=C2\C(=N)N3N=CSC3=NC2=O)cc1. The number of hydrogen-bond acceptors (Lipinski definition) is 5. The number of aliphatic imine (C=N–C) groups is 1. The highest BCUT2D eigenvalue weighted by atomic mass is 32.2. The highest BCUT2D eigenvalue weighted by Crippen LogP contribution is 2.25. The standard InChI is InChI=1S/C13H10N4OS2/c1-19-9-4-2-8(3-5-9)6-10-11(14)17-13(16-12(10)18)20-7-15-17/h2-7,14H,1H3/b10-6+,14-11?. The van der Waals surface area contributed by atoms with Crippen LogP contribution in [0.2, 0.25) is 0 Å². The molecule has 2 aliphatic heterocycles. The summed E-state index contributed by atoms with van der Waals surface area (Å²) in [6.45, 7) is 0. The third-order valence-electron chi connectivity index (χ3n) is 2.82. The van der Waals surface area contributed by atoms with Gasteiger partial charge in [-0.25, -0.2) is 0 Å². The molecule has 0 radical (unpaired) electrons. The van der Waals surface area contributed by atoms with E-state index in [1.54, 1.807) is 23.4 Å². The highest BCUT2D eigenvalue weighted by molar-refractivity contribution is 8.25. The molecule has 0 saturated carbocycles. The Labute approximate surface area is 124 Å². The second-order valence-electron chi connectivity index (χ2n) is 4.03. The Morgan fingerprint density at radius 2 is 2.10 bits per heavy atom. The van der Waals surface area contributed by atoms with Gasteiger partial charge in [0.15, 0.2) is 11.0 Å². The first kappa shape index (κ1) is 13.1. The van der Waals surface area contributed by atoms with Crippen LogP contribution in [-0.4, -0.2) is 33.7 Å². The summed E-state index contributed by atoms with van der Waals surface area (Å²) in [7, 11) is 0. The molecule has 0 saturated heterocycles. The minimum atomic E-state index is -0.395. The Bertz CT molecular complexity index is 676. The van der Waals surface area contributed by atoms with E-state index in [1.807, 2.05) is 30.5 Å². The molecule has 1 aromatic carbocycles. The summed E-state index contributed by atoms with van der Waals surface area (Å²) >= 11 is 2.90. The van der Waals surface area contributed by atoms with Crippen LogP contribution in [0.25, 0.3) is 6.08 Å². The maximum Gasteiger partial charge on any atom is 0.283 e. The number of benzene rings is 1. The van der Waals surface area contributed by atoms with Crippen molar-refractivity contribution < 1.29 is 4.79 Å². The van der Waals surface area contributed by atoms with E-state index in [9.17, 15) is 4.79 Å². The molecule has 20 heavy (non-hydrogen) atoms. The van der Waals surface area contributed by atoms with Crippen LogP contribution < -0.4 is 0 Å². The van der Waals surface area contributed by atoms with Crippen molar-refractivity contribution in [1.82, 2.24) is 5.01 Å². The van der Waals surface area contributed by atoms with Crippen molar-refractivity contribution in [3.8, 4) is 0 Å². The smallest absolute Gasteiger partial charge is 0.282 e. The molecule has 0 atom stereocenters. The molecule has 1 N–H and O–H groups in total. The summed E-state index contributed by atoms with van der Waals surface area (Å²) in [5.74, 6) is -0.330. The second kappa shape index (κ2) is 5.26. The monoisotopic (exact) mass is 302 g/mol. The average Bonchev–Trinajstić information content (AvgIpc) is 2.92. The van der Waals surface area contributed by atoms with Crippen LogP contribution in [0.3, 0.4) is 0 Å². The molecule has 0 fully saturated rings. The van der Waals surface area contributed by atoms with Gasteiger partial charge in [-0.1, -0.05) is 12.1 Å². The fraction of sp³-hybridized carbons (Fsp3) is 0.0769. The van der Waals surface area contributed by atoms with Crippen molar-refractivity contribution in [3.05, 3.63) is 35.4 Å². The molecule has 0 aliphatic carbocycles. The van der Waals surface area contributed by atoms with Gasteiger partial charge in [0.1, 0.15) is 0 Å². The van der Waals surface area contributed by atoms with E-state index in [0.717, 1.165) is 10.5 Å². The third kappa shape index (κ3) is 2.30. The number of hydrazone groups is 1. The third-order valence-corrected chi connectivity index (χ3v) is 4.24. The minimum absolute atomic E-state index is 0.0650. The Morgan fingerprint density at radius 3 is 2.80 bits per heavy atom. The van der Waals surface area contributed by atoms with Gasteiger partial charge in [-0.3, -0.25) is 10.2 Å². The largest absolute Gasteiger partial charge is 0.283 e. The summed E-state index contributed by atoms with van der Waals surface area (Å²) in [6.07, 6.45) is 3.68. The first-order valence-corrected chi connectivity index (χ1v) is 7.86. The van der Waals surface area contributed by atoms with Crippen molar-refractivity contribution >= 4 is 52.1 Å². The van der Waals surface area contributed by atoms with E-state index in [0.29, 0.717) is 5.17 Å². The number of amidine groups is 2. The predicted octanol–water partition coefficient (Wildman–Crippen LogP) is 2.66. The quantitative estimate of drug-likeness (QED) is 0.673. The van der Waals surface area contributed by atoms with Crippen molar-refractivity contribution in [2.24, 2.45) is 10.1 Å². The molecule has 100 valence electrons. The highest BCUT2D eigenvalue weighted by Gasteiger charge is 2.32. The maximum absolute atomic E-state index is 12.0. The molecule has 1 aromatic rings. The lowest BCUT2D eigenvalue weighted by Crippen LogP contribution is -2.35. The van der Waals surface area contributed by atoms with Crippen molar-refractivity contribution in [1.29, 1.82) is 5.41 Å². The van der Waals surface area contributed by atoms with E-state index in [-0.39, 0.29) is 11.4 Å². The molecule has 0 bridgehead atoms. The summed E-state index contributed by atoms with van der Waals surface area (Å²) in [4.78, 5) is 17.1. The van der Waals surface area contributed by atoms with Gasteiger partial charge in [-0.2, -0.15) is 15.1 Å². The number of thioether (sulfide) groups is 2. The van der Waals surface area contributed by atoms with Gasteiger partial charge in [0.2, 0.25) is 0 Å². The van der Waals surface area contributed by atoms with Crippen LogP contribution in [0.15, 0.2) is 44.8 Å². The lowest BCUT2D eigenvalue weighted by Gasteiger charge is -2.20. The van der Waals surface area contributed by atoms with Gasteiger partial charge >= 0.3 is 0 Å². The number of carbonyl (C=O) groups is 1. The van der Waals surface area contributed by atoms with Crippen LogP contribution >= 0.6 is 23.5 Å². The van der Waals surface area contributed by atoms with Crippen molar-refractivity contribution in [2.75, 3.05) is 6.26 Å². The minimum Gasteiger partial charge on any atom is -0.282 e. The number of fused-ring (bicyclic) bond motifs is 1. The van der Waals surface area contributed by atoms with Crippen LogP contribution in [0.5, 0.6) is 0 Å². The van der Waals surface area contributed by atoms with Gasteiger partial charge in [0.25, 0.3) is 5.91 Å². The molecule has 7 heteroatoms. The zero-order valence-electron chi connectivity index (χ0n) is 10.5. The van der Waals surface area contributed by atoms with Crippen molar-refractivity contribution in [2.45, 2.75) is 4.90 Å². The van der Waals surface area contributed by atoms with E-state index < -0.39 is 5.91 Å². The maximum atomic E-state index is 12.0. The van der Waals surface area contributed by atoms with E-state index in [4.69, 9.17) is 5.41 Å². The van der Waals surface area contributed by atoms with E-state index >= 15 is 0 Å². The van der Waals surface area contributed by atoms with Gasteiger partial charge < -0.3 is 0 Å². The fourth-order valence-corrected chi connectivity index (χ4v) is 2.82. The second-order valence-corrected chi connectivity index (χ2v) is 5.72. The molecule has 5 nitrogen and oxygen atoms in total. The molecule has 2 heterocycles. The number of amides is 1. The van der Waals surface area contributed by atoms with Crippen LogP contribution in [0.1, 0.15) is 5.56 Å². The number of nitrogens with zero attached hydrogens (tertiary/aromatic N) is 3. The van der Waals surface area contributed by atoms with Crippen LogP contribution in [0.4, 0.5) is 0 Å². The molecule has 2 aliphatic rings.